The normalized spacial score (nSPS) is 32.2. The van der Waals surface area contributed by atoms with Crippen LogP contribution >= 0.6 is 0 Å². The summed E-state index contributed by atoms with van der Waals surface area (Å²) >= 11 is 0. The number of carbonyl (C=O) groups is 1. The molecule has 1 saturated carbocycles. The van der Waals surface area contributed by atoms with Gasteiger partial charge in [-0.3, -0.25) is 4.79 Å². The molecular weight excluding hydrogens is 322 g/mol. The van der Waals surface area contributed by atoms with Crippen LogP contribution in [0, 0.1) is 54.0 Å². The van der Waals surface area contributed by atoms with Gasteiger partial charge in [-0.25, -0.2) is 0 Å². The molecule has 1 saturated heterocycles. The second kappa shape index (κ2) is 9.09. The Balaban J connectivity index is -0.000000569. The van der Waals surface area contributed by atoms with E-state index in [0.717, 1.165) is 0 Å². The monoisotopic (exact) mass is 367 g/mol. The molecule has 0 aromatic rings. The molecule has 2 nitrogen and oxygen atoms in total. The second-order valence-electron chi connectivity index (χ2n) is 7.85. The van der Waals surface area contributed by atoms with Gasteiger partial charge in [-0.2, -0.15) is 0 Å². The van der Waals surface area contributed by atoms with Gasteiger partial charge in [-0.1, -0.05) is 69.2 Å². The smallest absolute Gasteiger partial charge is 0.220 e. The van der Waals surface area contributed by atoms with E-state index in [1.807, 2.05) is 41.5 Å². The maximum atomic E-state index is 12.1. The standard InChI is InChI=1S/C15H27NO.3C2H6.Ar/c1-10(17)16-12(4,5)14(8)11(2,3)15(14,9)13(16,6)7;3*1-2;/h1-9H3;3*1-2H3;. The van der Waals surface area contributed by atoms with Crippen molar-refractivity contribution in [3.63, 3.8) is 0 Å². The van der Waals surface area contributed by atoms with Gasteiger partial charge in [0.2, 0.25) is 5.91 Å². The molecule has 0 bridgehead atoms. The van der Waals surface area contributed by atoms with Crippen LogP contribution in [0.3, 0.4) is 0 Å². The third-order valence-electron chi connectivity index (χ3n) is 7.32. The van der Waals surface area contributed by atoms with Crippen LogP contribution in [0.25, 0.3) is 0 Å². The van der Waals surface area contributed by atoms with E-state index < -0.39 is 0 Å². The predicted molar refractivity (Wildman–Crippen MR) is 105 cm³/mol. The Morgan fingerprint density at radius 3 is 1.00 bits per heavy atom. The van der Waals surface area contributed by atoms with Crippen molar-refractivity contribution >= 4 is 5.91 Å². The van der Waals surface area contributed by atoms with Gasteiger partial charge in [0.25, 0.3) is 0 Å². The van der Waals surface area contributed by atoms with Gasteiger partial charge in [0.05, 0.1) is 0 Å². The number of rotatable bonds is 0. The molecule has 1 heterocycles. The zero-order chi connectivity index (χ0) is 19.7. The summed E-state index contributed by atoms with van der Waals surface area (Å²) in [5.74, 6) is 0.199. The first kappa shape index (κ1) is 29.5. The first-order chi connectivity index (χ1) is 10.3. The molecule has 0 spiro atoms. The van der Waals surface area contributed by atoms with E-state index in [1.165, 1.54) is 0 Å². The third-order valence-corrected chi connectivity index (χ3v) is 7.32. The molecule has 0 aromatic heterocycles. The molecule has 2 rings (SSSR count). The minimum absolute atomic E-state index is 0. The van der Waals surface area contributed by atoms with Gasteiger partial charge in [-0.05, 0) is 33.1 Å². The van der Waals surface area contributed by atoms with Crippen molar-refractivity contribution in [1.82, 2.24) is 4.90 Å². The van der Waals surface area contributed by atoms with Crippen LogP contribution in [0.15, 0.2) is 0 Å². The van der Waals surface area contributed by atoms with Crippen LogP contribution in [0.1, 0.15) is 104 Å². The molecule has 24 heavy (non-hydrogen) atoms. The van der Waals surface area contributed by atoms with Crippen LogP contribution in [0.4, 0.5) is 0 Å². The van der Waals surface area contributed by atoms with E-state index >= 15 is 0 Å². The number of hydrogen-bond donors (Lipinski definition) is 0. The van der Waals surface area contributed by atoms with Crippen molar-refractivity contribution in [3.8, 4) is 0 Å². The first-order valence-corrected chi connectivity index (χ1v) is 9.62. The predicted octanol–water partition coefficient (Wildman–Crippen LogP) is 6.54. The summed E-state index contributed by atoms with van der Waals surface area (Å²) in [5, 5.41) is 0. The fraction of sp³-hybridized carbons (Fsp3) is 0.952. The van der Waals surface area contributed by atoms with E-state index in [4.69, 9.17) is 0 Å². The number of piperidine rings is 1. The summed E-state index contributed by atoms with van der Waals surface area (Å²) in [4.78, 5) is 14.2. The van der Waals surface area contributed by atoms with Crippen LogP contribution in [0.5, 0.6) is 0 Å². The van der Waals surface area contributed by atoms with Crippen molar-refractivity contribution in [3.05, 3.63) is 0 Å². The molecule has 2 fully saturated rings. The molecule has 3 heteroatoms. The number of hydrogen-bond acceptors (Lipinski definition) is 1. The van der Waals surface area contributed by atoms with Crippen LogP contribution in [-0.4, -0.2) is 21.9 Å². The second-order valence-corrected chi connectivity index (χ2v) is 7.85. The number of likely N-dealkylation sites (tertiary alicyclic amines) is 1. The number of amides is 1. The Hall–Kier alpha value is 0.730. The maximum Gasteiger partial charge on any atom is 0.220 e. The van der Waals surface area contributed by atoms with Gasteiger partial charge in [-0.15, -0.1) is 0 Å². The number of nitrogens with zero attached hydrogens (tertiary/aromatic N) is 1. The molecule has 2 atom stereocenters. The average molecular weight is 368 g/mol. The van der Waals surface area contributed by atoms with Crippen LogP contribution in [0.2, 0.25) is 0 Å². The van der Waals surface area contributed by atoms with Crippen molar-refractivity contribution < 1.29 is 42.5 Å². The molecule has 0 aromatic carbocycles. The minimum Gasteiger partial charge on any atom is -0.332 e. The van der Waals surface area contributed by atoms with Gasteiger partial charge in [0, 0.05) is 66.6 Å². The first-order valence-electron chi connectivity index (χ1n) is 9.62. The van der Waals surface area contributed by atoms with Crippen LogP contribution in [-0.2, 0) is 4.79 Å². The largest absolute Gasteiger partial charge is 0.332 e. The SMILES string of the molecule is CC.CC.CC.CC(=O)N1C(C)(C)C2(C)C(C)(C)C2(C)C1(C)C.[Ar]. The van der Waals surface area contributed by atoms with E-state index in [9.17, 15) is 4.79 Å². The molecule has 0 N–H and O–H groups in total. The van der Waals surface area contributed by atoms with E-state index in [0.29, 0.717) is 0 Å². The molecule has 148 valence electrons. The van der Waals surface area contributed by atoms with Crippen molar-refractivity contribution in [2.24, 2.45) is 16.2 Å². The fourth-order valence-corrected chi connectivity index (χ4v) is 6.03. The minimum atomic E-state index is -0.0828. The Bertz CT molecular complexity index is 384. The van der Waals surface area contributed by atoms with Gasteiger partial charge < -0.3 is 4.90 Å². The Labute approximate surface area is 183 Å². The Morgan fingerprint density at radius 2 is 0.833 bits per heavy atom. The zero-order valence-corrected chi connectivity index (χ0v) is 19.9. The van der Waals surface area contributed by atoms with Crippen LogP contribution < -0.4 is 0 Å². The molecule has 2 unspecified atom stereocenters. The van der Waals surface area contributed by atoms with E-state index in [1.54, 1.807) is 6.92 Å². The quantitative estimate of drug-likeness (QED) is 0.476. The van der Waals surface area contributed by atoms with Crippen molar-refractivity contribution in [1.29, 1.82) is 0 Å². The Kier molecular flexibility index (Phi) is 11.2. The molecule has 1 aliphatic heterocycles. The molecule has 2 aliphatic rings. The fourth-order valence-electron chi connectivity index (χ4n) is 6.03. The zero-order valence-electron chi connectivity index (χ0n) is 19.2. The molecule has 1 aliphatic carbocycles. The van der Waals surface area contributed by atoms with Crippen molar-refractivity contribution in [2.75, 3.05) is 0 Å². The maximum absolute atomic E-state index is 12.1. The van der Waals surface area contributed by atoms with Crippen molar-refractivity contribution in [2.45, 2.75) is 115 Å². The van der Waals surface area contributed by atoms with E-state index in [-0.39, 0.29) is 71.0 Å². The summed E-state index contributed by atoms with van der Waals surface area (Å²) in [7, 11) is 0. The number of carbonyl (C=O) groups excluding carboxylic acids is 1. The van der Waals surface area contributed by atoms with Gasteiger partial charge >= 0.3 is 0 Å². The molecule has 1 amide bonds. The summed E-state index contributed by atoms with van der Waals surface area (Å²) in [6.45, 7) is 32.1. The van der Waals surface area contributed by atoms with E-state index in [2.05, 4.69) is 60.3 Å². The summed E-state index contributed by atoms with van der Waals surface area (Å²) in [6.07, 6.45) is 0. The Morgan fingerprint density at radius 1 is 0.625 bits per heavy atom. The third kappa shape index (κ3) is 3.01. The summed E-state index contributed by atoms with van der Waals surface area (Å²) in [6, 6.07) is 0. The number of fused-ring (bicyclic) bond motifs is 1. The van der Waals surface area contributed by atoms with Gasteiger partial charge in [0.1, 0.15) is 0 Å². The average Bonchev–Trinajstić information content (AvgIpc) is 2.82. The topological polar surface area (TPSA) is 20.3 Å². The summed E-state index contributed by atoms with van der Waals surface area (Å²) < 4.78 is 0. The molecular formula is C21H45ArNO. The summed E-state index contributed by atoms with van der Waals surface area (Å²) in [5.41, 5.74) is 0.477. The molecule has 0 radical (unpaired) electrons. The van der Waals surface area contributed by atoms with Gasteiger partial charge in [0.15, 0.2) is 0 Å².